The molecule has 0 radical (unpaired) electrons. The number of hydrogen-bond donors (Lipinski definition) is 3. The number of amides is 1. The SMILES string of the molecule is CC(C)[C@H](C[C@H](O)[C@@H](N)CN1CC(=O)N(c2ccc(F)cc2F)CC1(C)C)C(=O)O. The van der Waals surface area contributed by atoms with E-state index in [1.807, 2.05) is 13.8 Å². The zero-order valence-corrected chi connectivity index (χ0v) is 17.8. The van der Waals surface area contributed by atoms with Crippen LogP contribution >= 0.6 is 0 Å². The Morgan fingerprint density at radius 1 is 1.30 bits per heavy atom. The molecule has 4 N–H and O–H groups in total. The molecule has 1 heterocycles. The second-order valence-electron chi connectivity index (χ2n) is 8.92. The quantitative estimate of drug-likeness (QED) is 0.584. The third-order valence-corrected chi connectivity index (χ3v) is 5.77. The van der Waals surface area contributed by atoms with Crippen LogP contribution in [0, 0.1) is 23.5 Å². The van der Waals surface area contributed by atoms with Crippen LogP contribution in [0.25, 0.3) is 0 Å². The van der Waals surface area contributed by atoms with Crippen molar-refractivity contribution in [1.82, 2.24) is 4.90 Å². The van der Waals surface area contributed by atoms with Crippen LogP contribution in [-0.4, -0.2) is 64.3 Å². The van der Waals surface area contributed by atoms with Gasteiger partial charge in [0.25, 0.3) is 0 Å². The fraction of sp³-hybridized carbons (Fsp3) is 0.619. The van der Waals surface area contributed by atoms with E-state index in [4.69, 9.17) is 5.73 Å². The first kappa shape index (κ1) is 24.2. The Morgan fingerprint density at radius 3 is 2.47 bits per heavy atom. The summed E-state index contributed by atoms with van der Waals surface area (Å²) in [4.78, 5) is 27.2. The van der Waals surface area contributed by atoms with Crippen LogP contribution in [0.3, 0.4) is 0 Å². The average molecular weight is 427 g/mol. The minimum absolute atomic E-state index is 0.0136. The first-order valence-electron chi connectivity index (χ1n) is 10.0. The maximum Gasteiger partial charge on any atom is 0.306 e. The number of nitrogens with two attached hydrogens (primary N) is 1. The molecule has 0 aromatic heterocycles. The Kier molecular flexibility index (Phi) is 7.54. The number of aliphatic carboxylic acids is 1. The van der Waals surface area contributed by atoms with Gasteiger partial charge in [-0.05, 0) is 38.3 Å². The molecule has 1 aliphatic rings. The van der Waals surface area contributed by atoms with Gasteiger partial charge >= 0.3 is 5.97 Å². The van der Waals surface area contributed by atoms with E-state index >= 15 is 0 Å². The average Bonchev–Trinajstić information content (AvgIpc) is 2.62. The van der Waals surface area contributed by atoms with Crippen LogP contribution in [0.5, 0.6) is 0 Å². The fourth-order valence-corrected chi connectivity index (χ4v) is 3.74. The minimum atomic E-state index is -1.05. The number of piperazine rings is 1. The lowest BCUT2D eigenvalue weighted by atomic mass is 9.87. The summed E-state index contributed by atoms with van der Waals surface area (Å²) < 4.78 is 27.4. The van der Waals surface area contributed by atoms with Gasteiger partial charge in [-0.15, -0.1) is 0 Å². The molecule has 30 heavy (non-hydrogen) atoms. The lowest BCUT2D eigenvalue weighted by molar-refractivity contribution is -0.144. The molecule has 0 aliphatic carbocycles. The second kappa shape index (κ2) is 9.36. The smallest absolute Gasteiger partial charge is 0.306 e. The zero-order valence-electron chi connectivity index (χ0n) is 17.8. The van der Waals surface area contributed by atoms with Crippen molar-refractivity contribution in [1.29, 1.82) is 0 Å². The zero-order chi connectivity index (χ0) is 22.8. The molecule has 0 spiro atoms. The Labute approximate surface area is 175 Å². The molecule has 0 saturated carbocycles. The Morgan fingerprint density at radius 2 is 1.93 bits per heavy atom. The number of carboxylic acid groups (broad SMARTS) is 1. The molecule has 0 unspecified atom stereocenters. The van der Waals surface area contributed by atoms with E-state index in [2.05, 4.69) is 0 Å². The van der Waals surface area contributed by atoms with E-state index in [9.17, 15) is 28.6 Å². The summed E-state index contributed by atoms with van der Waals surface area (Å²) in [7, 11) is 0. The monoisotopic (exact) mass is 427 g/mol. The van der Waals surface area contributed by atoms with Crippen molar-refractivity contribution in [3.8, 4) is 0 Å². The van der Waals surface area contributed by atoms with E-state index in [1.54, 1.807) is 18.7 Å². The molecule has 0 bridgehead atoms. The number of carbonyl (C=O) groups excluding carboxylic acids is 1. The highest BCUT2D eigenvalue weighted by Crippen LogP contribution is 2.29. The third kappa shape index (κ3) is 5.53. The number of hydrogen-bond acceptors (Lipinski definition) is 5. The highest BCUT2D eigenvalue weighted by molar-refractivity contribution is 5.96. The van der Waals surface area contributed by atoms with Gasteiger partial charge in [0, 0.05) is 30.7 Å². The van der Waals surface area contributed by atoms with E-state index in [1.165, 1.54) is 11.0 Å². The van der Waals surface area contributed by atoms with Gasteiger partial charge in [-0.25, -0.2) is 8.78 Å². The number of aliphatic hydroxyl groups is 1. The molecule has 3 atom stereocenters. The molecule has 1 aromatic carbocycles. The lowest BCUT2D eigenvalue weighted by Gasteiger charge is -2.47. The normalized spacial score (nSPS) is 20.3. The molecule has 1 saturated heterocycles. The number of anilines is 1. The standard InChI is InChI=1S/C21H31F2N3O4/c1-12(2)14(20(29)30)8-18(27)16(24)9-25-10-19(28)26(11-21(25,3)4)17-6-5-13(22)7-15(17)23/h5-7,12,14,16,18,27H,8-11,24H2,1-4H3,(H,29,30)/t14-,16-,18-/m0/s1. The Hall–Kier alpha value is -2.10. The Bertz CT molecular complexity index is 788. The summed E-state index contributed by atoms with van der Waals surface area (Å²) >= 11 is 0. The first-order chi connectivity index (χ1) is 13.8. The summed E-state index contributed by atoms with van der Waals surface area (Å²) in [6.45, 7) is 7.53. The molecule has 2 rings (SSSR count). The van der Waals surface area contributed by atoms with Gasteiger partial charge in [-0.2, -0.15) is 0 Å². The summed E-state index contributed by atoms with van der Waals surface area (Å²) in [5, 5.41) is 19.8. The molecule has 9 heteroatoms. The van der Waals surface area contributed by atoms with E-state index < -0.39 is 41.2 Å². The van der Waals surface area contributed by atoms with Crippen molar-refractivity contribution >= 4 is 17.6 Å². The number of benzene rings is 1. The third-order valence-electron chi connectivity index (χ3n) is 5.77. The predicted molar refractivity (Wildman–Crippen MR) is 109 cm³/mol. The van der Waals surface area contributed by atoms with Crippen molar-refractivity contribution in [2.75, 3.05) is 24.5 Å². The van der Waals surface area contributed by atoms with Crippen LogP contribution in [0.15, 0.2) is 18.2 Å². The number of rotatable bonds is 8. The second-order valence-corrected chi connectivity index (χ2v) is 8.92. The molecule has 1 aromatic rings. The molecule has 1 aliphatic heterocycles. The van der Waals surface area contributed by atoms with E-state index in [-0.39, 0.29) is 43.6 Å². The number of carboxylic acids is 1. The number of carbonyl (C=O) groups is 2. The molecular formula is C21H31F2N3O4. The van der Waals surface area contributed by atoms with Gasteiger partial charge in [0.1, 0.15) is 11.6 Å². The number of aliphatic hydroxyl groups excluding tert-OH is 1. The van der Waals surface area contributed by atoms with Gasteiger partial charge < -0.3 is 20.8 Å². The first-order valence-corrected chi connectivity index (χ1v) is 10.0. The molecule has 1 fully saturated rings. The van der Waals surface area contributed by atoms with Crippen LogP contribution in [-0.2, 0) is 9.59 Å². The molecule has 168 valence electrons. The van der Waals surface area contributed by atoms with Gasteiger partial charge in [-0.3, -0.25) is 14.5 Å². The largest absolute Gasteiger partial charge is 0.481 e. The molecule has 1 amide bonds. The van der Waals surface area contributed by atoms with E-state index in [0.29, 0.717) is 0 Å². The van der Waals surface area contributed by atoms with Crippen LogP contribution < -0.4 is 10.6 Å². The summed E-state index contributed by atoms with van der Waals surface area (Å²) in [6, 6.07) is 2.32. The predicted octanol–water partition coefficient (Wildman–Crippen LogP) is 1.83. The van der Waals surface area contributed by atoms with Crippen LogP contribution in [0.2, 0.25) is 0 Å². The maximum atomic E-state index is 14.2. The number of nitrogens with zero attached hydrogens (tertiary/aromatic N) is 2. The van der Waals surface area contributed by atoms with Crippen LogP contribution in [0.4, 0.5) is 14.5 Å². The lowest BCUT2D eigenvalue weighted by Crippen LogP contribution is -2.64. The molecule has 7 nitrogen and oxygen atoms in total. The van der Waals surface area contributed by atoms with Crippen molar-refractivity contribution < 1.29 is 28.6 Å². The summed E-state index contributed by atoms with van der Waals surface area (Å²) in [5.41, 5.74) is 5.55. The minimum Gasteiger partial charge on any atom is -0.481 e. The van der Waals surface area contributed by atoms with E-state index in [0.717, 1.165) is 12.1 Å². The van der Waals surface area contributed by atoms with Crippen molar-refractivity contribution in [2.24, 2.45) is 17.6 Å². The van der Waals surface area contributed by atoms with Crippen molar-refractivity contribution in [2.45, 2.75) is 51.8 Å². The Balaban J connectivity index is 2.09. The maximum absolute atomic E-state index is 14.2. The molecular weight excluding hydrogens is 396 g/mol. The van der Waals surface area contributed by atoms with Gasteiger partial charge in [-0.1, -0.05) is 13.8 Å². The van der Waals surface area contributed by atoms with Crippen LogP contribution in [0.1, 0.15) is 34.1 Å². The summed E-state index contributed by atoms with van der Waals surface area (Å²) in [6.07, 6.45) is -1.03. The summed E-state index contributed by atoms with van der Waals surface area (Å²) in [5.74, 6) is -3.76. The highest BCUT2D eigenvalue weighted by atomic mass is 19.1. The fourth-order valence-electron chi connectivity index (χ4n) is 3.74. The highest BCUT2D eigenvalue weighted by Gasteiger charge is 2.40. The number of halogens is 2. The van der Waals surface area contributed by atoms with Crippen molar-refractivity contribution in [3.05, 3.63) is 29.8 Å². The topological polar surface area (TPSA) is 107 Å². The van der Waals surface area contributed by atoms with Gasteiger partial charge in [0.2, 0.25) is 5.91 Å². The van der Waals surface area contributed by atoms with Gasteiger partial charge in [0.15, 0.2) is 0 Å². The van der Waals surface area contributed by atoms with Crippen molar-refractivity contribution in [3.63, 3.8) is 0 Å². The van der Waals surface area contributed by atoms with Gasteiger partial charge in [0.05, 0.1) is 24.3 Å².